The molecule has 0 amide bonds. The summed E-state index contributed by atoms with van der Waals surface area (Å²) in [5.41, 5.74) is 6.64. The Morgan fingerprint density at radius 3 is 2.47 bits per heavy atom. The minimum absolute atomic E-state index is 1.11. The lowest BCUT2D eigenvalue weighted by atomic mass is 9.97. The van der Waals surface area contributed by atoms with Crippen LogP contribution in [0.1, 0.15) is 42.5 Å². The largest absolute Gasteiger partial charge is 0.0984 e. The summed E-state index contributed by atoms with van der Waals surface area (Å²) in [6.45, 7) is 14.1. The quantitative estimate of drug-likeness (QED) is 0.620. The molecule has 1 aromatic rings. The lowest BCUT2D eigenvalue weighted by Crippen LogP contribution is -1.89. The van der Waals surface area contributed by atoms with Gasteiger partial charge in [-0.15, -0.1) is 0 Å². The Bertz CT molecular complexity index is 383. The average Bonchev–Trinajstić information content (AvgIpc) is 2.64. The zero-order valence-corrected chi connectivity index (χ0v) is 10.1. The first-order valence-electron chi connectivity index (χ1n) is 5.67. The molecule has 0 N–H and O–H groups in total. The van der Waals surface area contributed by atoms with E-state index in [1.165, 1.54) is 27.8 Å². The molecule has 1 aromatic carbocycles. The summed E-state index contributed by atoms with van der Waals surface area (Å²) >= 11 is 0. The number of benzene rings is 1. The van der Waals surface area contributed by atoms with Gasteiger partial charge in [-0.3, -0.25) is 0 Å². The fraction of sp³-hybridized carbons (Fsp3) is 0.333. The Balaban J connectivity index is 0.000000531. The summed E-state index contributed by atoms with van der Waals surface area (Å²) in [5.74, 6) is 0. The lowest BCUT2D eigenvalue weighted by molar-refractivity contribution is 1.08. The van der Waals surface area contributed by atoms with Gasteiger partial charge < -0.3 is 0 Å². The molecule has 0 aromatic heterocycles. The second kappa shape index (κ2) is 4.97. The van der Waals surface area contributed by atoms with Gasteiger partial charge in [-0.05, 0) is 47.6 Å². The highest BCUT2D eigenvalue weighted by molar-refractivity contribution is 5.79. The number of hydrogen-bond donors (Lipinski definition) is 0. The number of fused-ring (bicyclic) bond motifs is 1. The molecule has 0 atom stereocenters. The molecule has 2 rings (SSSR count). The van der Waals surface area contributed by atoms with Crippen LogP contribution < -0.4 is 0 Å². The number of rotatable bonds is 1. The molecule has 0 heterocycles. The van der Waals surface area contributed by atoms with E-state index in [4.69, 9.17) is 0 Å². The molecule has 0 nitrogen and oxygen atoms in total. The van der Waals surface area contributed by atoms with Crippen molar-refractivity contribution in [2.45, 2.75) is 33.6 Å². The van der Waals surface area contributed by atoms with Crippen molar-refractivity contribution in [3.63, 3.8) is 0 Å². The van der Waals surface area contributed by atoms with Gasteiger partial charge in [0.05, 0.1) is 0 Å². The van der Waals surface area contributed by atoms with Crippen molar-refractivity contribution in [1.82, 2.24) is 0 Å². The van der Waals surface area contributed by atoms with Crippen molar-refractivity contribution in [2.75, 3.05) is 0 Å². The summed E-state index contributed by atoms with van der Waals surface area (Å²) in [6, 6.07) is 4.39. The molecule has 0 unspecified atom stereocenters. The molecule has 0 aliphatic heterocycles. The van der Waals surface area contributed by atoms with Crippen LogP contribution in [-0.4, -0.2) is 0 Å². The summed E-state index contributed by atoms with van der Waals surface area (Å²) in [6.07, 6.45) is 4.21. The van der Waals surface area contributed by atoms with E-state index >= 15 is 0 Å². The van der Waals surface area contributed by atoms with Gasteiger partial charge in [-0.1, -0.05) is 45.2 Å². The Morgan fingerprint density at radius 2 is 1.87 bits per heavy atom. The molecule has 15 heavy (non-hydrogen) atoms. The van der Waals surface area contributed by atoms with E-state index in [-0.39, 0.29) is 0 Å². The third-order valence-electron chi connectivity index (χ3n) is 2.80. The molecule has 0 spiro atoms. The third kappa shape index (κ3) is 2.04. The summed E-state index contributed by atoms with van der Waals surface area (Å²) in [7, 11) is 0. The van der Waals surface area contributed by atoms with Gasteiger partial charge in [-0.25, -0.2) is 0 Å². The molecular formula is C15H20. The van der Waals surface area contributed by atoms with Crippen LogP contribution in [0, 0.1) is 6.92 Å². The van der Waals surface area contributed by atoms with Crippen molar-refractivity contribution in [3.05, 3.63) is 47.5 Å². The van der Waals surface area contributed by atoms with Gasteiger partial charge >= 0.3 is 0 Å². The zero-order chi connectivity index (χ0) is 11.4. The second-order valence-corrected chi connectivity index (χ2v) is 3.64. The fourth-order valence-corrected chi connectivity index (χ4v) is 2.07. The van der Waals surface area contributed by atoms with Gasteiger partial charge in [-0.2, -0.15) is 0 Å². The molecule has 1 aliphatic carbocycles. The SMILES string of the molecule is C=Cc1c(C)ccc2c1C(=C)CC2.CC. The van der Waals surface area contributed by atoms with Gasteiger partial charge in [0, 0.05) is 0 Å². The Kier molecular flexibility index (Phi) is 3.90. The van der Waals surface area contributed by atoms with Gasteiger partial charge in [0.1, 0.15) is 0 Å². The summed E-state index contributed by atoms with van der Waals surface area (Å²) in [4.78, 5) is 0. The summed E-state index contributed by atoms with van der Waals surface area (Å²) < 4.78 is 0. The van der Waals surface area contributed by atoms with Crippen molar-refractivity contribution in [1.29, 1.82) is 0 Å². The molecule has 0 saturated heterocycles. The van der Waals surface area contributed by atoms with E-state index in [0.717, 1.165) is 12.8 Å². The highest BCUT2D eigenvalue weighted by Crippen LogP contribution is 2.35. The Morgan fingerprint density at radius 1 is 1.20 bits per heavy atom. The van der Waals surface area contributed by atoms with Crippen LogP contribution >= 0.6 is 0 Å². The van der Waals surface area contributed by atoms with Crippen molar-refractivity contribution in [3.8, 4) is 0 Å². The van der Waals surface area contributed by atoms with E-state index in [1.54, 1.807) is 0 Å². The van der Waals surface area contributed by atoms with Crippen LogP contribution in [-0.2, 0) is 6.42 Å². The third-order valence-corrected chi connectivity index (χ3v) is 2.80. The van der Waals surface area contributed by atoms with Gasteiger partial charge in [0.25, 0.3) is 0 Å². The first-order valence-corrected chi connectivity index (χ1v) is 5.67. The van der Waals surface area contributed by atoms with Gasteiger partial charge in [0.2, 0.25) is 0 Å². The normalized spacial score (nSPS) is 12.9. The smallest absolute Gasteiger partial charge is 0.0123 e. The monoisotopic (exact) mass is 200 g/mol. The fourth-order valence-electron chi connectivity index (χ4n) is 2.07. The first-order chi connectivity index (χ1) is 7.24. The highest BCUT2D eigenvalue weighted by atomic mass is 14.2. The second-order valence-electron chi connectivity index (χ2n) is 3.64. The zero-order valence-electron chi connectivity index (χ0n) is 10.1. The molecule has 0 heteroatoms. The Hall–Kier alpha value is -1.30. The van der Waals surface area contributed by atoms with Crippen molar-refractivity contribution in [2.24, 2.45) is 0 Å². The summed E-state index contributed by atoms with van der Waals surface area (Å²) in [5, 5.41) is 0. The average molecular weight is 200 g/mol. The van der Waals surface area contributed by atoms with Crippen molar-refractivity contribution >= 4 is 11.6 Å². The molecule has 80 valence electrons. The molecule has 0 saturated carbocycles. The lowest BCUT2D eigenvalue weighted by Gasteiger charge is -2.08. The number of aryl methyl sites for hydroxylation is 2. The van der Waals surface area contributed by atoms with Crippen molar-refractivity contribution < 1.29 is 0 Å². The van der Waals surface area contributed by atoms with E-state index in [2.05, 4.69) is 32.2 Å². The van der Waals surface area contributed by atoms with Crippen LogP contribution in [0.2, 0.25) is 0 Å². The molecule has 0 radical (unpaired) electrons. The molecule has 1 aliphatic rings. The molecular weight excluding hydrogens is 180 g/mol. The maximum Gasteiger partial charge on any atom is -0.0123 e. The minimum Gasteiger partial charge on any atom is -0.0984 e. The van der Waals surface area contributed by atoms with Crippen LogP contribution in [0.3, 0.4) is 0 Å². The predicted molar refractivity (Wildman–Crippen MR) is 70.0 cm³/mol. The molecule has 0 fully saturated rings. The number of allylic oxidation sites excluding steroid dienone is 1. The van der Waals surface area contributed by atoms with Gasteiger partial charge in [0.15, 0.2) is 0 Å². The predicted octanol–water partition coefficient (Wildman–Crippen LogP) is 4.62. The minimum atomic E-state index is 1.11. The van der Waals surface area contributed by atoms with Crippen LogP contribution in [0.25, 0.3) is 11.6 Å². The van der Waals surface area contributed by atoms with E-state index in [0.29, 0.717) is 0 Å². The standard InChI is InChI=1S/C13H14.C2H6/c1-4-12-9(2)5-7-11-8-6-10(3)13(11)12;1-2/h4-5,7H,1,3,6,8H2,2H3;1-2H3. The van der Waals surface area contributed by atoms with Crippen LogP contribution in [0.15, 0.2) is 25.3 Å². The Labute approximate surface area is 93.3 Å². The van der Waals surface area contributed by atoms with Crippen LogP contribution in [0.5, 0.6) is 0 Å². The molecule has 0 bridgehead atoms. The van der Waals surface area contributed by atoms with E-state index in [1.807, 2.05) is 19.9 Å². The maximum absolute atomic E-state index is 4.10. The van der Waals surface area contributed by atoms with Crippen LogP contribution in [0.4, 0.5) is 0 Å². The van der Waals surface area contributed by atoms with E-state index < -0.39 is 0 Å². The van der Waals surface area contributed by atoms with E-state index in [9.17, 15) is 0 Å². The number of hydrogen-bond acceptors (Lipinski definition) is 0. The highest BCUT2D eigenvalue weighted by Gasteiger charge is 2.17. The first kappa shape index (κ1) is 11.8. The maximum atomic E-state index is 4.10. The topological polar surface area (TPSA) is 0 Å².